The van der Waals surface area contributed by atoms with E-state index >= 15 is 0 Å². The Kier molecular flexibility index (Phi) is 7.26. The molecule has 4 rings (SSSR count). The quantitative estimate of drug-likeness (QED) is 0.146. The number of alkyl halides is 3. The van der Waals surface area contributed by atoms with Crippen molar-refractivity contribution in [1.82, 2.24) is 12.4 Å². The zero-order chi connectivity index (χ0) is 23.0. The third kappa shape index (κ3) is 4.75. The Morgan fingerprint density at radius 2 is 1.91 bits per heavy atom. The van der Waals surface area contributed by atoms with Crippen LogP contribution in [0.25, 0.3) is 0 Å². The molecule has 1 amide bonds. The van der Waals surface area contributed by atoms with Gasteiger partial charge in [-0.3, -0.25) is 0 Å². The van der Waals surface area contributed by atoms with Gasteiger partial charge in [0.2, 0.25) is 0 Å². The number of hydrogen-bond donors (Lipinski definition) is 0. The summed E-state index contributed by atoms with van der Waals surface area (Å²) in [4.78, 5) is 18.9. The summed E-state index contributed by atoms with van der Waals surface area (Å²) in [5, 5.41) is 0.238. The van der Waals surface area contributed by atoms with Gasteiger partial charge in [-0.05, 0) is 0 Å². The van der Waals surface area contributed by atoms with Crippen molar-refractivity contribution >= 4 is 57.2 Å². The SMILES string of the molecule is O=C1N(Cc2ccccn2)C[C@H](C(F)F)C2CCCI1N2S(=O)(=O)c1cc(Cl)cc(Cl)c1. The van der Waals surface area contributed by atoms with E-state index in [-0.39, 0.29) is 38.4 Å². The van der Waals surface area contributed by atoms with Crippen LogP contribution in [0, 0.1) is 5.92 Å². The second kappa shape index (κ2) is 9.65. The Bertz CT molecular complexity index is 1090. The second-order valence-corrected chi connectivity index (χ2v) is 15.9. The first-order valence-corrected chi connectivity index (χ1v) is 15.6. The molecule has 0 spiro atoms. The molecule has 0 aliphatic carbocycles. The molecule has 6 nitrogen and oxygen atoms in total. The number of nitrogens with zero attached hydrogens (tertiary/aromatic N) is 3. The Hall–Kier alpha value is -1.08. The molecule has 0 N–H and O–H groups in total. The van der Waals surface area contributed by atoms with E-state index in [1.807, 2.05) is 0 Å². The van der Waals surface area contributed by atoms with Crippen LogP contribution in [0.15, 0.2) is 47.5 Å². The molecule has 2 aromatic rings. The predicted octanol–water partition coefficient (Wildman–Crippen LogP) is 5.48. The molecule has 2 bridgehead atoms. The number of carbonyl (C=O) groups excluding carboxylic acids is 1. The standard InChI is InChI=1S/C20H20Cl2F2IN3O3S/c21-13-8-14(22)10-16(9-13)32(30,31)28-18-5-3-6-25(28)20(29)27(12-17(18)19(23)24)11-15-4-1-2-7-26-15/h1-2,4,7-10,17-19H,3,5-6,11-12H2/t17-,18?/m0/s1. The summed E-state index contributed by atoms with van der Waals surface area (Å²) >= 11 is 8.95. The molecule has 1 aromatic heterocycles. The number of benzene rings is 1. The van der Waals surface area contributed by atoms with Gasteiger partial charge in [0.15, 0.2) is 0 Å². The maximum atomic E-state index is 14.2. The van der Waals surface area contributed by atoms with Gasteiger partial charge < -0.3 is 0 Å². The first-order valence-electron chi connectivity index (χ1n) is 9.82. The van der Waals surface area contributed by atoms with Gasteiger partial charge in [-0.25, -0.2) is 0 Å². The molecule has 2 aliphatic heterocycles. The first-order chi connectivity index (χ1) is 15.2. The second-order valence-electron chi connectivity index (χ2n) is 7.54. The Morgan fingerprint density at radius 3 is 2.53 bits per heavy atom. The summed E-state index contributed by atoms with van der Waals surface area (Å²) in [5.74, 6) is -1.30. The number of carbonyl (C=O) groups is 1. The van der Waals surface area contributed by atoms with Crippen LogP contribution >= 0.6 is 43.3 Å². The molecule has 2 fully saturated rings. The van der Waals surface area contributed by atoms with Crippen molar-refractivity contribution in [2.24, 2.45) is 5.92 Å². The first kappa shape index (κ1) is 24.1. The zero-order valence-corrected chi connectivity index (χ0v) is 21.2. The number of rotatable bonds is 5. The van der Waals surface area contributed by atoms with Crippen LogP contribution in [0.2, 0.25) is 10.0 Å². The van der Waals surface area contributed by atoms with Crippen molar-refractivity contribution in [2.45, 2.75) is 36.7 Å². The number of hydrogen-bond acceptors (Lipinski definition) is 4. The fourth-order valence-electron chi connectivity index (χ4n) is 3.98. The van der Waals surface area contributed by atoms with Crippen LogP contribution in [-0.2, 0) is 16.6 Å². The molecule has 0 radical (unpaired) electrons. The molecule has 1 aromatic carbocycles. The number of pyridine rings is 1. The van der Waals surface area contributed by atoms with Crippen LogP contribution in [0.5, 0.6) is 0 Å². The molecular weight excluding hydrogens is 598 g/mol. The summed E-state index contributed by atoms with van der Waals surface area (Å²) in [6.45, 7) is -0.144. The van der Waals surface area contributed by atoms with Gasteiger partial charge in [-0.1, -0.05) is 0 Å². The van der Waals surface area contributed by atoms with E-state index in [4.69, 9.17) is 23.2 Å². The van der Waals surface area contributed by atoms with E-state index in [0.717, 1.165) is 2.52 Å². The molecule has 174 valence electrons. The van der Waals surface area contributed by atoms with E-state index in [9.17, 15) is 22.0 Å². The summed E-state index contributed by atoms with van der Waals surface area (Å²) in [6, 6.07) is 8.13. The molecule has 0 saturated carbocycles. The van der Waals surface area contributed by atoms with Gasteiger partial charge in [0.1, 0.15) is 0 Å². The van der Waals surface area contributed by atoms with Crippen molar-refractivity contribution in [3.05, 3.63) is 58.3 Å². The fraction of sp³-hybridized carbons (Fsp3) is 0.400. The van der Waals surface area contributed by atoms with Crippen LogP contribution in [-0.4, -0.2) is 48.2 Å². The number of amides is 1. The van der Waals surface area contributed by atoms with Gasteiger partial charge >= 0.3 is 204 Å². The number of fused-ring (bicyclic) bond motifs is 2. The molecule has 3 heterocycles. The molecule has 1 unspecified atom stereocenters. The topological polar surface area (TPSA) is 70.6 Å². The third-order valence-corrected chi connectivity index (χ3v) is 15.5. The Labute approximate surface area is 202 Å². The maximum absolute atomic E-state index is 14.2. The summed E-state index contributed by atoms with van der Waals surface area (Å²) in [5.41, 5.74) is 0.568. The minimum atomic E-state index is -4.25. The molecular formula is C20H20Cl2F2IN3O3S. The van der Waals surface area contributed by atoms with Crippen molar-refractivity contribution in [2.75, 3.05) is 11.0 Å². The summed E-state index contributed by atoms with van der Waals surface area (Å²) in [7, 11) is -4.25. The summed E-state index contributed by atoms with van der Waals surface area (Å²) in [6.07, 6.45) is -0.390. The van der Waals surface area contributed by atoms with Crippen molar-refractivity contribution in [1.29, 1.82) is 0 Å². The zero-order valence-electron chi connectivity index (χ0n) is 16.7. The van der Waals surface area contributed by atoms with Crippen molar-refractivity contribution < 1.29 is 22.0 Å². The normalized spacial score (nSPS) is 23.5. The summed E-state index contributed by atoms with van der Waals surface area (Å²) < 4.78 is 57.0. The van der Waals surface area contributed by atoms with Crippen LogP contribution in [0.4, 0.5) is 13.6 Å². The van der Waals surface area contributed by atoms with Crippen molar-refractivity contribution in [3.8, 4) is 0 Å². The van der Waals surface area contributed by atoms with Crippen LogP contribution in [0.1, 0.15) is 18.5 Å². The van der Waals surface area contributed by atoms with Gasteiger partial charge in [0.05, 0.1) is 0 Å². The number of aromatic nitrogens is 1. The van der Waals surface area contributed by atoms with E-state index in [1.165, 1.54) is 23.1 Å². The third-order valence-electron chi connectivity index (χ3n) is 5.40. The van der Waals surface area contributed by atoms with E-state index in [1.54, 1.807) is 24.4 Å². The average Bonchev–Trinajstić information content (AvgIpc) is 2.81. The Balaban J connectivity index is 1.78. The van der Waals surface area contributed by atoms with Gasteiger partial charge in [-0.15, -0.1) is 0 Å². The van der Waals surface area contributed by atoms with Gasteiger partial charge in [0.25, 0.3) is 0 Å². The fourth-order valence-corrected chi connectivity index (χ4v) is 14.9. The molecule has 2 aliphatic rings. The number of sulfonamides is 1. The van der Waals surface area contributed by atoms with Gasteiger partial charge in [0, 0.05) is 0 Å². The van der Waals surface area contributed by atoms with Gasteiger partial charge in [-0.2, -0.15) is 0 Å². The predicted molar refractivity (Wildman–Crippen MR) is 127 cm³/mol. The van der Waals surface area contributed by atoms with Crippen molar-refractivity contribution in [3.63, 3.8) is 0 Å². The van der Waals surface area contributed by atoms with Crippen LogP contribution < -0.4 is 0 Å². The number of halogens is 5. The average molecular weight is 618 g/mol. The van der Waals surface area contributed by atoms with E-state index in [2.05, 4.69) is 4.98 Å². The molecule has 2 saturated heterocycles. The monoisotopic (exact) mass is 617 g/mol. The van der Waals surface area contributed by atoms with Crippen LogP contribution in [0.3, 0.4) is 0 Å². The minimum absolute atomic E-state index is 0.0699. The molecule has 12 heteroatoms. The Morgan fingerprint density at radius 1 is 1.19 bits per heavy atom. The van der Waals surface area contributed by atoms with E-state index in [0.29, 0.717) is 16.5 Å². The van der Waals surface area contributed by atoms with E-state index < -0.39 is 48.5 Å². The molecule has 2 atom stereocenters. The molecule has 32 heavy (non-hydrogen) atoms.